The van der Waals surface area contributed by atoms with Gasteiger partial charge in [0.15, 0.2) is 0 Å². The van der Waals surface area contributed by atoms with Crippen molar-refractivity contribution in [2.75, 3.05) is 0 Å². The predicted molar refractivity (Wildman–Crippen MR) is 122 cm³/mol. The Balaban J connectivity index is 1.09. The van der Waals surface area contributed by atoms with Crippen LogP contribution >= 0.6 is 0 Å². The summed E-state index contributed by atoms with van der Waals surface area (Å²) in [7, 11) is 0. The average molecular weight is 384 g/mol. The van der Waals surface area contributed by atoms with Gasteiger partial charge in [0.1, 0.15) is 0 Å². The minimum atomic E-state index is 0.991. The van der Waals surface area contributed by atoms with E-state index in [4.69, 9.17) is 0 Å². The SMILES string of the molecule is C[C]1CCC(C2CCC(CC[C]3CCC([C]4CCC(C)CC4)CC3)CC2)CC1. The molecule has 0 saturated heterocycles. The number of hydrogen-bond acceptors (Lipinski definition) is 0. The lowest BCUT2D eigenvalue weighted by molar-refractivity contribution is 0.167. The van der Waals surface area contributed by atoms with E-state index in [-0.39, 0.29) is 0 Å². The molecule has 159 valence electrons. The Labute approximate surface area is 177 Å². The van der Waals surface area contributed by atoms with Crippen LogP contribution in [0.4, 0.5) is 0 Å². The fraction of sp³-hybridized carbons (Fsp3) is 0.893. The highest BCUT2D eigenvalue weighted by atomic mass is 14.4. The maximum Gasteiger partial charge on any atom is -0.0210 e. The monoisotopic (exact) mass is 383 g/mol. The van der Waals surface area contributed by atoms with Gasteiger partial charge < -0.3 is 0 Å². The summed E-state index contributed by atoms with van der Waals surface area (Å²) in [5.41, 5.74) is 0. The zero-order valence-electron chi connectivity index (χ0n) is 19.1. The summed E-state index contributed by atoms with van der Waals surface area (Å²) in [6.45, 7) is 4.83. The van der Waals surface area contributed by atoms with Crippen molar-refractivity contribution in [3.8, 4) is 0 Å². The minimum Gasteiger partial charge on any atom is -0.0625 e. The largest absolute Gasteiger partial charge is 0.0625 e. The van der Waals surface area contributed by atoms with E-state index < -0.39 is 0 Å². The van der Waals surface area contributed by atoms with Gasteiger partial charge >= 0.3 is 0 Å². The first-order valence-electron chi connectivity index (χ1n) is 13.2. The first kappa shape index (κ1) is 21.2. The molecule has 0 heteroatoms. The van der Waals surface area contributed by atoms with Crippen molar-refractivity contribution in [3.05, 3.63) is 17.8 Å². The van der Waals surface area contributed by atoms with Gasteiger partial charge in [0.05, 0.1) is 0 Å². The average Bonchev–Trinajstić information content (AvgIpc) is 2.74. The van der Waals surface area contributed by atoms with Gasteiger partial charge in [-0.3, -0.25) is 0 Å². The summed E-state index contributed by atoms with van der Waals surface area (Å²) >= 11 is 0. The van der Waals surface area contributed by atoms with Crippen LogP contribution in [0.2, 0.25) is 0 Å². The molecule has 4 aliphatic carbocycles. The number of rotatable bonds is 5. The molecule has 4 aliphatic rings. The molecular weight excluding hydrogens is 336 g/mol. The third-order valence-electron chi connectivity index (χ3n) is 9.53. The molecular formula is C28H47. The smallest absolute Gasteiger partial charge is 0.0210 e. The molecule has 0 aromatic heterocycles. The summed E-state index contributed by atoms with van der Waals surface area (Å²) < 4.78 is 0. The highest BCUT2D eigenvalue weighted by molar-refractivity contribution is 5.05. The second kappa shape index (κ2) is 10.3. The van der Waals surface area contributed by atoms with Gasteiger partial charge in [-0.1, -0.05) is 39.5 Å². The topological polar surface area (TPSA) is 0 Å². The van der Waals surface area contributed by atoms with Crippen LogP contribution in [-0.4, -0.2) is 0 Å². The van der Waals surface area contributed by atoms with E-state index in [1.165, 1.54) is 89.9 Å². The van der Waals surface area contributed by atoms with Crippen LogP contribution < -0.4 is 0 Å². The molecule has 0 aliphatic heterocycles. The highest BCUT2D eigenvalue weighted by Crippen LogP contribution is 2.46. The van der Waals surface area contributed by atoms with Crippen LogP contribution in [0.25, 0.3) is 0 Å². The molecule has 0 atom stereocenters. The van der Waals surface area contributed by atoms with Crippen molar-refractivity contribution in [1.29, 1.82) is 0 Å². The Morgan fingerprint density at radius 1 is 0.643 bits per heavy atom. The third-order valence-corrected chi connectivity index (χ3v) is 9.53. The molecule has 0 aromatic carbocycles. The summed E-state index contributed by atoms with van der Waals surface area (Å²) in [6.07, 6.45) is 26.9. The van der Waals surface area contributed by atoms with Crippen LogP contribution in [0.1, 0.15) is 129 Å². The van der Waals surface area contributed by atoms with Crippen molar-refractivity contribution < 1.29 is 0 Å². The van der Waals surface area contributed by atoms with Gasteiger partial charge in [-0.05, 0) is 137 Å². The van der Waals surface area contributed by atoms with Crippen LogP contribution in [0.3, 0.4) is 0 Å². The standard InChI is InChI=1S/C28H47/c1-21-3-13-25(14-4-21)27-17-9-23(10-18-27)7-8-24-11-19-28(20-12-24)26-15-5-22(2)6-16-26/h21,24,26-28H,3-20H2,1-2H3. The van der Waals surface area contributed by atoms with E-state index >= 15 is 0 Å². The molecule has 28 heavy (non-hydrogen) atoms. The summed E-state index contributed by atoms with van der Waals surface area (Å²) in [5.74, 6) is 10.9. The van der Waals surface area contributed by atoms with E-state index in [1.807, 2.05) is 11.8 Å². The van der Waals surface area contributed by atoms with E-state index in [1.54, 1.807) is 31.6 Å². The molecule has 0 heterocycles. The lowest BCUT2D eigenvalue weighted by Gasteiger charge is -2.38. The summed E-state index contributed by atoms with van der Waals surface area (Å²) in [4.78, 5) is 0. The van der Waals surface area contributed by atoms with Crippen LogP contribution in [0, 0.1) is 47.3 Å². The van der Waals surface area contributed by atoms with Gasteiger partial charge in [0.25, 0.3) is 0 Å². The highest BCUT2D eigenvalue weighted by Gasteiger charge is 2.32. The predicted octanol–water partition coefficient (Wildman–Crippen LogP) is 8.91. The van der Waals surface area contributed by atoms with Gasteiger partial charge in [0.2, 0.25) is 0 Å². The molecule has 3 radical (unpaired) electrons. The Morgan fingerprint density at radius 2 is 1.25 bits per heavy atom. The molecule has 4 fully saturated rings. The molecule has 4 saturated carbocycles. The van der Waals surface area contributed by atoms with Gasteiger partial charge in [-0.15, -0.1) is 0 Å². The maximum atomic E-state index is 2.45. The van der Waals surface area contributed by atoms with Crippen molar-refractivity contribution in [1.82, 2.24) is 0 Å². The second-order valence-electron chi connectivity index (χ2n) is 11.5. The molecule has 0 N–H and O–H groups in total. The molecule has 0 aromatic rings. The normalized spacial score (nSPS) is 34.1. The summed E-state index contributed by atoms with van der Waals surface area (Å²) in [6, 6.07) is 0. The second-order valence-corrected chi connectivity index (χ2v) is 11.5. The summed E-state index contributed by atoms with van der Waals surface area (Å²) in [5, 5.41) is 0. The Hall–Kier alpha value is 0. The fourth-order valence-electron chi connectivity index (χ4n) is 7.19. The van der Waals surface area contributed by atoms with Crippen LogP contribution in [-0.2, 0) is 0 Å². The van der Waals surface area contributed by atoms with E-state index in [2.05, 4.69) is 13.8 Å². The van der Waals surface area contributed by atoms with Crippen LogP contribution in [0.5, 0.6) is 0 Å². The Kier molecular flexibility index (Phi) is 7.85. The zero-order chi connectivity index (χ0) is 19.3. The van der Waals surface area contributed by atoms with Gasteiger partial charge in [0, 0.05) is 0 Å². The van der Waals surface area contributed by atoms with Crippen molar-refractivity contribution in [3.63, 3.8) is 0 Å². The fourth-order valence-corrected chi connectivity index (χ4v) is 7.19. The van der Waals surface area contributed by atoms with Crippen molar-refractivity contribution in [2.45, 2.75) is 129 Å². The van der Waals surface area contributed by atoms with E-state index in [0.717, 1.165) is 29.6 Å². The first-order valence-corrected chi connectivity index (χ1v) is 13.2. The molecule has 4 rings (SSSR count). The number of hydrogen-bond donors (Lipinski definition) is 0. The Bertz CT molecular complexity index is 379. The lowest BCUT2D eigenvalue weighted by Crippen LogP contribution is -2.25. The first-order chi connectivity index (χ1) is 13.7. The lowest BCUT2D eigenvalue weighted by atomic mass is 9.67. The molecule has 0 nitrogen and oxygen atoms in total. The molecule has 0 spiro atoms. The van der Waals surface area contributed by atoms with E-state index in [0.29, 0.717) is 0 Å². The maximum absolute atomic E-state index is 2.45. The quantitative estimate of drug-likeness (QED) is 0.444. The van der Waals surface area contributed by atoms with Gasteiger partial charge in [-0.25, -0.2) is 0 Å². The van der Waals surface area contributed by atoms with Crippen molar-refractivity contribution in [2.24, 2.45) is 29.6 Å². The Morgan fingerprint density at radius 3 is 1.89 bits per heavy atom. The van der Waals surface area contributed by atoms with Crippen LogP contribution in [0.15, 0.2) is 0 Å². The van der Waals surface area contributed by atoms with Crippen molar-refractivity contribution >= 4 is 0 Å². The molecule has 0 amide bonds. The molecule has 0 bridgehead atoms. The minimum absolute atomic E-state index is 0.991. The third kappa shape index (κ3) is 5.78. The van der Waals surface area contributed by atoms with E-state index in [9.17, 15) is 0 Å². The zero-order valence-corrected chi connectivity index (χ0v) is 19.1. The molecule has 0 unspecified atom stereocenters. The van der Waals surface area contributed by atoms with Gasteiger partial charge in [-0.2, -0.15) is 0 Å².